The molecule has 4 nitrogen and oxygen atoms in total. The van der Waals surface area contributed by atoms with Gasteiger partial charge in [-0.3, -0.25) is 4.79 Å². The average Bonchev–Trinajstić information content (AvgIpc) is 3.13. The number of nitrogens with zero attached hydrogens (tertiary/aromatic N) is 2. The Morgan fingerprint density at radius 1 is 1.17 bits per heavy atom. The van der Waals surface area contributed by atoms with Gasteiger partial charge in [-0.1, -0.05) is 55.1 Å². The summed E-state index contributed by atoms with van der Waals surface area (Å²) in [5, 5.41) is 2.83. The number of carbonyl (C=O) groups is 1. The molecule has 0 bridgehead atoms. The topological polar surface area (TPSA) is 46.9 Å². The molecule has 0 saturated heterocycles. The minimum atomic E-state index is -0.166. The third-order valence-corrected chi connectivity index (χ3v) is 3.85. The Bertz CT molecular complexity index is 820. The molecule has 0 aliphatic rings. The molecular formula is C20H19N3O. The Balaban J connectivity index is 1.78. The molecule has 4 heteroatoms. The van der Waals surface area contributed by atoms with E-state index in [-0.39, 0.29) is 5.91 Å². The normalized spacial score (nSPS) is 10.3. The van der Waals surface area contributed by atoms with Crippen molar-refractivity contribution in [3.8, 4) is 11.1 Å². The van der Waals surface area contributed by atoms with Crippen molar-refractivity contribution >= 4 is 5.91 Å². The van der Waals surface area contributed by atoms with Crippen LogP contribution in [0.25, 0.3) is 11.1 Å². The van der Waals surface area contributed by atoms with Crippen molar-refractivity contribution in [2.75, 3.05) is 0 Å². The summed E-state index contributed by atoms with van der Waals surface area (Å²) in [4.78, 5) is 15.5. The largest absolute Gasteiger partial charge is 0.348 e. The molecule has 0 radical (unpaired) electrons. The lowest BCUT2D eigenvalue weighted by Crippen LogP contribution is -2.20. The van der Waals surface area contributed by atoms with Crippen molar-refractivity contribution in [2.45, 2.75) is 13.1 Å². The van der Waals surface area contributed by atoms with Crippen LogP contribution in [-0.2, 0) is 17.9 Å². The first-order chi connectivity index (χ1) is 11.8. The third kappa shape index (κ3) is 3.79. The van der Waals surface area contributed by atoms with Crippen LogP contribution in [0.3, 0.4) is 0 Å². The molecule has 3 aromatic rings. The fourth-order valence-corrected chi connectivity index (χ4v) is 2.59. The summed E-state index contributed by atoms with van der Waals surface area (Å²) >= 11 is 0. The van der Waals surface area contributed by atoms with E-state index in [0.29, 0.717) is 6.54 Å². The molecule has 1 N–H and O–H groups in total. The van der Waals surface area contributed by atoms with Crippen LogP contribution in [0.5, 0.6) is 0 Å². The number of benzene rings is 2. The highest BCUT2D eigenvalue weighted by molar-refractivity contribution is 5.87. The minimum Gasteiger partial charge on any atom is -0.348 e. The number of hydrogen-bond donors (Lipinski definition) is 1. The first kappa shape index (κ1) is 15.7. The molecule has 3 rings (SSSR count). The van der Waals surface area contributed by atoms with E-state index < -0.39 is 0 Å². The standard InChI is InChI=1S/C20H19N3O/c1-2-20(24)22-13-18-5-3-4-6-19(18)17-9-7-16(8-10-17)14-23-12-11-21-15-23/h2-12,15H,1,13-14H2,(H,22,24). The second-order valence-corrected chi connectivity index (χ2v) is 5.51. The van der Waals surface area contributed by atoms with Crippen molar-refractivity contribution < 1.29 is 4.79 Å². The molecule has 0 fully saturated rings. The zero-order chi connectivity index (χ0) is 16.8. The van der Waals surface area contributed by atoms with Gasteiger partial charge in [0, 0.05) is 25.5 Å². The molecule has 0 unspecified atom stereocenters. The molecule has 1 amide bonds. The number of carbonyl (C=O) groups excluding carboxylic acids is 1. The maximum Gasteiger partial charge on any atom is 0.243 e. The quantitative estimate of drug-likeness (QED) is 0.708. The van der Waals surface area contributed by atoms with Crippen molar-refractivity contribution in [3.05, 3.63) is 91.0 Å². The second-order valence-electron chi connectivity index (χ2n) is 5.51. The smallest absolute Gasteiger partial charge is 0.243 e. The van der Waals surface area contributed by atoms with E-state index >= 15 is 0 Å². The summed E-state index contributed by atoms with van der Waals surface area (Å²) < 4.78 is 2.04. The summed E-state index contributed by atoms with van der Waals surface area (Å²) in [7, 11) is 0. The predicted octanol–water partition coefficient (Wildman–Crippen LogP) is 3.40. The average molecular weight is 317 g/mol. The lowest BCUT2D eigenvalue weighted by atomic mass is 9.98. The van der Waals surface area contributed by atoms with Crippen LogP contribution in [0.2, 0.25) is 0 Å². The van der Waals surface area contributed by atoms with E-state index in [2.05, 4.69) is 47.2 Å². The van der Waals surface area contributed by atoms with Gasteiger partial charge in [-0.2, -0.15) is 0 Å². The van der Waals surface area contributed by atoms with Gasteiger partial charge in [-0.25, -0.2) is 4.98 Å². The van der Waals surface area contributed by atoms with Gasteiger partial charge in [-0.05, 0) is 28.3 Å². The van der Waals surface area contributed by atoms with Crippen LogP contribution in [-0.4, -0.2) is 15.5 Å². The van der Waals surface area contributed by atoms with Crippen molar-refractivity contribution in [1.82, 2.24) is 14.9 Å². The van der Waals surface area contributed by atoms with Gasteiger partial charge in [0.05, 0.1) is 6.33 Å². The SMILES string of the molecule is C=CC(=O)NCc1ccccc1-c1ccc(Cn2ccnc2)cc1. The molecule has 0 atom stereocenters. The van der Waals surface area contributed by atoms with Crippen molar-refractivity contribution in [2.24, 2.45) is 0 Å². The fraction of sp³-hybridized carbons (Fsp3) is 0.100. The van der Waals surface area contributed by atoms with Gasteiger partial charge >= 0.3 is 0 Å². The Morgan fingerprint density at radius 3 is 2.67 bits per heavy atom. The maximum absolute atomic E-state index is 11.4. The Morgan fingerprint density at radius 2 is 1.96 bits per heavy atom. The van der Waals surface area contributed by atoms with Gasteiger partial charge in [0.25, 0.3) is 0 Å². The molecular weight excluding hydrogens is 298 g/mol. The van der Waals surface area contributed by atoms with Crippen LogP contribution < -0.4 is 5.32 Å². The zero-order valence-electron chi connectivity index (χ0n) is 13.4. The van der Waals surface area contributed by atoms with E-state index in [1.807, 2.05) is 35.3 Å². The molecule has 0 aliphatic heterocycles. The van der Waals surface area contributed by atoms with Crippen LogP contribution >= 0.6 is 0 Å². The molecule has 120 valence electrons. The van der Waals surface area contributed by atoms with Crippen LogP contribution in [0.1, 0.15) is 11.1 Å². The van der Waals surface area contributed by atoms with Gasteiger partial charge in [0.15, 0.2) is 0 Å². The van der Waals surface area contributed by atoms with Gasteiger partial charge < -0.3 is 9.88 Å². The van der Waals surface area contributed by atoms with Crippen LogP contribution in [0, 0.1) is 0 Å². The van der Waals surface area contributed by atoms with E-state index in [9.17, 15) is 4.79 Å². The number of imidazole rings is 1. The highest BCUT2D eigenvalue weighted by Gasteiger charge is 2.06. The first-order valence-corrected chi connectivity index (χ1v) is 7.79. The number of rotatable bonds is 6. The monoisotopic (exact) mass is 317 g/mol. The lowest BCUT2D eigenvalue weighted by Gasteiger charge is -2.11. The van der Waals surface area contributed by atoms with E-state index in [4.69, 9.17) is 0 Å². The molecule has 0 spiro atoms. The first-order valence-electron chi connectivity index (χ1n) is 7.79. The van der Waals surface area contributed by atoms with E-state index in [1.165, 1.54) is 11.6 Å². The molecule has 1 heterocycles. The van der Waals surface area contributed by atoms with E-state index in [1.54, 1.807) is 6.20 Å². The van der Waals surface area contributed by atoms with Crippen molar-refractivity contribution in [3.63, 3.8) is 0 Å². The van der Waals surface area contributed by atoms with Crippen LogP contribution in [0.15, 0.2) is 79.9 Å². The fourth-order valence-electron chi connectivity index (χ4n) is 2.59. The number of hydrogen-bond acceptors (Lipinski definition) is 2. The maximum atomic E-state index is 11.4. The number of nitrogens with one attached hydrogen (secondary N) is 1. The summed E-state index contributed by atoms with van der Waals surface area (Å²) in [6, 6.07) is 16.5. The summed E-state index contributed by atoms with van der Waals surface area (Å²) in [6.07, 6.45) is 6.83. The predicted molar refractivity (Wildman–Crippen MR) is 95.3 cm³/mol. The Hall–Kier alpha value is -3.14. The zero-order valence-corrected chi connectivity index (χ0v) is 13.4. The van der Waals surface area contributed by atoms with E-state index in [0.717, 1.165) is 23.2 Å². The van der Waals surface area contributed by atoms with Crippen molar-refractivity contribution in [1.29, 1.82) is 0 Å². The molecule has 0 aliphatic carbocycles. The molecule has 1 aromatic heterocycles. The third-order valence-electron chi connectivity index (χ3n) is 3.85. The van der Waals surface area contributed by atoms with Crippen LogP contribution in [0.4, 0.5) is 0 Å². The Labute approximate surface area is 141 Å². The lowest BCUT2D eigenvalue weighted by molar-refractivity contribution is -0.116. The van der Waals surface area contributed by atoms with Gasteiger partial charge in [0.1, 0.15) is 0 Å². The second kappa shape index (κ2) is 7.42. The van der Waals surface area contributed by atoms with Gasteiger partial charge in [0.2, 0.25) is 5.91 Å². The highest BCUT2D eigenvalue weighted by Crippen LogP contribution is 2.24. The summed E-state index contributed by atoms with van der Waals surface area (Å²) in [6.45, 7) is 4.76. The molecule has 24 heavy (non-hydrogen) atoms. The van der Waals surface area contributed by atoms with Gasteiger partial charge in [-0.15, -0.1) is 0 Å². The number of amides is 1. The highest BCUT2D eigenvalue weighted by atomic mass is 16.1. The summed E-state index contributed by atoms with van der Waals surface area (Å²) in [5.74, 6) is -0.166. The molecule has 0 saturated carbocycles. The molecule has 2 aromatic carbocycles. The number of aromatic nitrogens is 2. The minimum absolute atomic E-state index is 0.166. The Kier molecular flexibility index (Phi) is 4.87. The summed E-state index contributed by atoms with van der Waals surface area (Å²) in [5.41, 5.74) is 4.55.